The van der Waals surface area contributed by atoms with Crippen LogP contribution in [0.4, 0.5) is 40.7 Å². The summed E-state index contributed by atoms with van der Waals surface area (Å²) in [5.74, 6) is -0.754. The van der Waals surface area contributed by atoms with Gasteiger partial charge in [0.15, 0.2) is 0 Å². The number of nitrogens with one attached hydrogen (secondary N) is 1. The van der Waals surface area contributed by atoms with Crippen LogP contribution in [0.1, 0.15) is 5.56 Å². The quantitative estimate of drug-likeness (QED) is 0.512. The van der Waals surface area contributed by atoms with E-state index in [0.29, 0.717) is 11.4 Å². The van der Waals surface area contributed by atoms with E-state index in [9.17, 15) is 17.6 Å². The molecule has 0 spiro atoms. The molecule has 0 bridgehead atoms. The van der Waals surface area contributed by atoms with E-state index in [2.05, 4.69) is 31.2 Å². The summed E-state index contributed by atoms with van der Waals surface area (Å²) in [7, 11) is 1.58. The van der Waals surface area contributed by atoms with Gasteiger partial charge in [0.1, 0.15) is 17.2 Å². The minimum Gasteiger partial charge on any atom is -0.340 e. The Hall–Kier alpha value is -2.68. The maximum absolute atomic E-state index is 13.3. The van der Waals surface area contributed by atoms with E-state index in [4.69, 9.17) is 0 Å². The first kappa shape index (κ1) is 19.1. The maximum atomic E-state index is 13.3. The van der Waals surface area contributed by atoms with E-state index in [-0.39, 0.29) is 11.8 Å². The number of hydrogen-bond donors (Lipinski definition) is 1. The third-order valence-corrected chi connectivity index (χ3v) is 4.23. The Bertz CT molecular complexity index is 928. The molecule has 140 valence electrons. The van der Waals surface area contributed by atoms with Gasteiger partial charge in [0.2, 0.25) is 5.95 Å². The molecule has 1 aromatic heterocycles. The molecule has 0 radical (unpaired) electrons. The van der Waals surface area contributed by atoms with Crippen molar-refractivity contribution < 1.29 is 17.6 Å². The molecule has 4 nitrogen and oxygen atoms in total. The molecule has 0 aliphatic heterocycles. The first-order valence-electron chi connectivity index (χ1n) is 7.70. The van der Waals surface area contributed by atoms with E-state index in [1.807, 2.05) is 0 Å². The van der Waals surface area contributed by atoms with Gasteiger partial charge in [-0.25, -0.2) is 9.37 Å². The summed E-state index contributed by atoms with van der Waals surface area (Å²) in [6, 6.07) is 12.1. The predicted molar refractivity (Wildman–Crippen MR) is 98.9 cm³/mol. The van der Waals surface area contributed by atoms with Gasteiger partial charge in [-0.2, -0.15) is 18.2 Å². The Morgan fingerprint density at radius 3 is 2.22 bits per heavy atom. The average molecular weight is 441 g/mol. The second-order valence-corrected chi connectivity index (χ2v) is 6.51. The fourth-order valence-corrected chi connectivity index (χ4v) is 2.55. The lowest BCUT2D eigenvalue weighted by Crippen LogP contribution is -2.17. The SMILES string of the molecule is CN(c1ccc(F)cc1)c1ncc(C(F)(F)F)c(Nc2ccc(Br)cc2)n1. The van der Waals surface area contributed by atoms with Crippen LogP contribution in [-0.2, 0) is 6.18 Å². The molecule has 0 saturated heterocycles. The van der Waals surface area contributed by atoms with Gasteiger partial charge in [0.05, 0.1) is 0 Å². The molecule has 27 heavy (non-hydrogen) atoms. The highest BCUT2D eigenvalue weighted by molar-refractivity contribution is 9.10. The monoisotopic (exact) mass is 440 g/mol. The first-order valence-corrected chi connectivity index (χ1v) is 8.49. The summed E-state index contributed by atoms with van der Waals surface area (Å²) in [6.45, 7) is 0. The zero-order valence-corrected chi connectivity index (χ0v) is 15.5. The van der Waals surface area contributed by atoms with Crippen molar-refractivity contribution in [3.63, 3.8) is 0 Å². The van der Waals surface area contributed by atoms with Crippen LogP contribution in [0.25, 0.3) is 0 Å². The van der Waals surface area contributed by atoms with Crippen LogP contribution in [0, 0.1) is 5.82 Å². The number of halogens is 5. The van der Waals surface area contributed by atoms with Crippen molar-refractivity contribution >= 4 is 39.1 Å². The molecule has 0 atom stereocenters. The Labute approximate surface area is 161 Å². The first-order chi connectivity index (χ1) is 12.7. The van der Waals surface area contributed by atoms with E-state index in [0.717, 1.165) is 10.7 Å². The van der Waals surface area contributed by atoms with Crippen LogP contribution in [0.3, 0.4) is 0 Å². The fourth-order valence-electron chi connectivity index (χ4n) is 2.29. The summed E-state index contributed by atoms with van der Waals surface area (Å²) >= 11 is 3.27. The van der Waals surface area contributed by atoms with Gasteiger partial charge in [-0.05, 0) is 48.5 Å². The third kappa shape index (κ3) is 4.54. The molecule has 0 unspecified atom stereocenters. The molecule has 9 heteroatoms. The molecule has 0 aliphatic rings. The molecule has 1 heterocycles. The minimum absolute atomic E-state index is 0.0363. The van der Waals surface area contributed by atoms with Gasteiger partial charge in [-0.15, -0.1) is 0 Å². The molecule has 0 aliphatic carbocycles. The van der Waals surface area contributed by atoms with Gasteiger partial charge in [0.25, 0.3) is 0 Å². The van der Waals surface area contributed by atoms with Gasteiger partial charge in [-0.1, -0.05) is 15.9 Å². The molecule has 3 rings (SSSR count). The van der Waals surface area contributed by atoms with Crippen molar-refractivity contribution in [1.82, 2.24) is 9.97 Å². The Morgan fingerprint density at radius 1 is 1.00 bits per heavy atom. The number of benzene rings is 2. The second-order valence-electron chi connectivity index (χ2n) is 5.60. The molecule has 3 aromatic rings. The molecule has 0 amide bonds. The van der Waals surface area contributed by atoms with Crippen LogP contribution < -0.4 is 10.2 Å². The number of anilines is 4. The van der Waals surface area contributed by atoms with Crippen molar-refractivity contribution in [2.75, 3.05) is 17.3 Å². The lowest BCUT2D eigenvalue weighted by atomic mass is 10.2. The van der Waals surface area contributed by atoms with E-state index in [1.165, 1.54) is 29.2 Å². The molecule has 0 fully saturated rings. The summed E-state index contributed by atoms with van der Waals surface area (Å²) in [5, 5.41) is 2.68. The smallest absolute Gasteiger partial charge is 0.340 e. The highest BCUT2D eigenvalue weighted by atomic mass is 79.9. The standard InChI is InChI=1S/C18H13BrF4N4/c1-27(14-8-4-12(20)5-9-14)17-24-10-15(18(21,22)23)16(26-17)25-13-6-2-11(19)3-7-13/h2-10H,1H3,(H,24,25,26). The topological polar surface area (TPSA) is 41.1 Å². The lowest BCUT2D eigenvalue weighted by Gasteiger charge is -2.20. The Morgan fingerprint density at radius 2 is 1.63 bits per heavy atom. The molecular weight excluding hydrogens is 428 g/mol. The van der Waals surface area contributed by atoms with Gasteiger partial charge in [-0.3, -0.25) is 0 Å². The average Bonchev–Trinajstić information content (AvgIpc) is 2.63. The van der Waals surface area contributed by atoms with Crippen LogP contribution in [0.2, 0.25) is 0 Å². The summed E-state index contributed by atoms with van der Waals surface area (Å²) < 4.78 is 53.9. The van der Waals surface area contributed by atoms with E-state index >= 15 is 0 Å². The number of rotatable bonds is 4. The van der Waals surface area contributed by atoms with Crippen molar-refractivity contribution in [2.24, 2.45) is 0 Å². The maximum Gasteiger partial charge on any atom is 0.421 e. The molecular formula is C18H13BrF4N4. The number of aromatic nitrogens is 2. The van der Waals surface area contributed by atoms with Crippen molar-refractivity contribution in [3.05, 3.63) is 70.6 Å². The summed E-state index contributed by atoms with van der Waals surface area (Å²) in [6.07, 6.45) is -3.89. The lowest BCUT2D eigenvalue weighted by molar-refractivity contribution is -0.137. The van der Waals surface area contributed by atoms with Crippen LogP contribution in [0.15, 0.2) is 59.2 Å². The largest absolute Gasteiger partial charge is 0.421 e. The third-order valence-electron chi connectivity index (χ3n) is 3.70. The van der Waals surface area contributed by atoms with E-state index < -0.39 is 17.6 Å². The molecule has 1 N–H and O–H groups in total. The van der Waals surface area contributed by atoms with Gasteiger partial charge in [0, 0.05) is 29.1 Å². The van der Waals surface area contributed by atoms with Crippen molar-refractivity contribution in [1.29, 1.82) is 0 Å². The number of alkyl halides is 3. The van der Waals surface area contributed by atoms with Gasteiger partial charge >= 0.3 is 6.18 Å². The fraction of sp³-hybridized carbons (Fsp3) is 0.111. The van der Waals surface area contributed by atoms with Crippen LogP contribution in [-0.4, -0.2) is 17.0 Å². The number of hydrogen-bond acceptors (Lipinski definition) is 4. The Balaban J connectivity index is 1.99. The number of nitrogens with zero attached hydrogens (tertiary/aromatic N) is 3. The zero-order valence-electron chi connectivity index (χ0n) is 13.9. The minimum atomic E-state index is -4.62. The molecule has 2 aromatic carbocycles. The second kappa shape index (κ2) is 7.51. The van der Waals surface area contributed by atoms with E-state index in [1.54, 1.807) is 31.3 Å². The van der Waals surface area contributed by atoms with Crippen LogP contribution in [0.5, 0.6) is 0 Å². The summed E-state index contributed by atoms with van der Waals surface area (Å²) in [4.78, 5) is 9.31. The normalized spacial score (nSPS) is 11.3. The molecule has 0 saturated carbocycles. The van der Waals surface area contributed by atoms with Crippen molar-refractivity contribution in [2.45, 2.75) is 6.18 Å². The van der Waals surface area contributed by atoms with Crippen molar-refractivity contribution in [3.8, 4) is 0 Å². The van der Waals surface area contributed by atoms with Crippen LogP contribution >= 0.6 is 15.9 Å². The van der Waals surface area contributed by atoms with Gasteiger partial charge < -0.3 is 10.2 Å². The zero-order chi connectivity index (χ0) is 19.6. The predicted octanol–water partition coefficient (Wildman–Crippen LogP) is 5.91. The highest BCUT2D eigenvalue weighted by Gasteiger charge is 2.35. The highest BCUT2D eigenvalue weighted by Crippen LogP contribution is 2.36. The Kier molecular flexibility index (Phi) is 5.31. The summed E-state index contributed by atoms with van der Waals surface area (Å²) in [5.41, 5.74) is -0.00906.